The highest BCUT2D eigenvalue weighted by atomic mass is 32.2. The van der Waals surface area contributed by atoms with E-state index in [1.807, 2.05) is 4.72 Å². The lowest BCUT2D eigenvalue weighted by Crippen LogP contribution is -2.46. The summed E-state index contributed by atoms with van der Waals surface area (Å²) >= 11 is 0. The lowest BCUT2D eigenvalue weighted by molar-refractivity contribution is -0.121. The van der Waals surface area contributed by atoms with E-state index in [0.717, 1.165) is 0 Å². The third-order valence-corrected chi connectivity index (χ3v) is 2.78. The van der Waals surface area contributed by atoms with Crippen molar-refractivity contribution in [1.29, 1.82) is 0 Å². The Bertz CT molecular complexity index is 302. The molecule has 0 radical (unpaired) electrons. The van der Waals surface area contributed by atoms with E-state index >= 15 is 0 Å². The highest BCUT2D eigenvalue weighted by molar-refractivity contribution is 7.87. The second-order valence-corrected chi connectivity index (χ2v) is 5.20. The van der Waals surface area contributed by atoms with Gasteiger partial charge in [0.05, 0.1) is 0 Å². The molecular weight excluding hydrogens is 247 g/mol. The first-order chi connectivity index (χ1) is 7.02. The van der Waals surface area contributed by atoms with Crippen molar-refractivity contribution >= 4 is 10.2 Å². The molecule has 0 aromatic heterocycles. The summed E-state index contributed by atoms with van der Waals surface area (Å²) < 4.78 is 60.9. The lowest BCUT2D eigenvalue weighted by Gasteiger charge is -2.16. The molecule has 0 aliphatic rings. The first-order valence-corrected chi connectivity index (χ1v) is 6.09. The molecule has 0 aliphatic heterocycles. The maximum absolute atomic E-state index is 11.8. The number of nitrogens with one attached hydrogen (secondary N) is 2. The van der Waals surface area contributed by atoms with Gasteiger partial charge in [-0.05, 0) is 20.3 Å². The van der Waals surface area contributed by atoms with Gasteiger partial charge in [0.15, 0.2) is 0 Å². The van der Waals surface area contributed by atoms with Crippen molar-refractivity contribution in [1.82, 2.24) is 9.44 Å². The van der Waals surface area contributed by atoms with E-state index in [4.69, 9.17) is 5.73 Å². The van der Waals surface area contributed by atoms with Gasteiger partial charge in [0.2, 0.25) is 0 Å². The standard InChI is InChI=1S/C7H16F3N3O2S/c1-5(11)3-6(2)13-16(14,15)12-4-7(8,9)10/h5-6,12-13H,3-4,11H2,1-2H3. The lowest BCUT2D eigenvalue weighted by atomic mass is 10.1. The zero-order valence-electron chi connectivity index (χ0n) is 9.00. The number of hydrogen-bond acceptors (Lipinski definition) is 3. The van der Waals surface area contributed by atoms with Crippen molar-refractivity contribution in [2.45, 2.75) is 38.5 Å². The molecule has 0 bridgehead atoms. The van der Waals surface area contributed by atoms with E-state index in [0.29, 0.717) is 6.42 Å². The molecule has 16 heavy (non-hydrogen) atoms. The Kier molecular flexibility index (Phi) is 5.66. The molecule has 4 N–H and O–H groups in total. The van der Waals surface area contributed by atoms with E-state index in [1.54, 1.807) is 6.92 Å². The normalized spacial score (nSPS) is 17.1. The molecule has 0 spiro atoms. The summed E-state index contributed by atoms with van der Waals surface area (Å²) in [6.45, 7) is 1.61. The third-order valence-electron chi connectivity index (χ3n) is 1.54. The van der Waals surface area contributed by atoms with Gasteiger partial charge in [-0.25, -0.2) is 0 Å². The van der Waals surface area contributed by atoms with Gasteiger partial charge in [0.25, 0.3) is 10.2 Å². The fourth-order valence-electron chi connectivity index (χ4n) is 1.09. The topological polar surface area (TPSA) is 84.2 Å². The molecule has 2 atom stereocenters. The number of alkyl halides is 3. The van der Waals surface area contributed by atoms with Gasteiger partial charge >= 0.3 is 6.18 Å². The van der Waals surface area contributed by atoms with Gasteiger partial charge in [-0.15, -0.1) is 0 Å². The van der Waals surface area contributed by atoms with Gasteiger partial charge in [-0.1, -0.05) is 0 Å². The molecule has 0 aromatic carbocycles. The van der Waals surface area contributed by atoms with Gasteiger partial charge in [0, 0.05) is 12.1 Å². The quantitative estimate of drug-likeness (QED) is 0.635. The molecule has 0 saturated carbocycles. The minimum absolute atomic E-state index is 0.236. The van der Waals surface area contributed by atoms with Crippen LogP contribution < -0.4 is 15.2 Å². The third kappa shape index (κ3) is 8.89. The monoisotopic (exact) mass is 263 g/mol. The molecule has 2 unspecified atom stereocenters. The van der Waals surface area contributed by atoms with Crippen LogP contribution in [0.25, 0.3) is 0 Å². The average molecular weight is 263 g/mol. The molecule has 0 heterocycles. The second kappa shape index (κ2) is 5.80. The van der Waals surface area contributed by atoms with Crippen molar-refractivity contribution in [2.24, 2.45) is 5.73 Å². The molecular formula is C7H16F3N3O2S. The van der Waals surface area contributed by atoms with Gasteiger partial charge in [-0.3, -0.25) is 0 Å². The predicted octanol–water partition coefficient (Wildman–Crippen LogP) is 0.0985. The summed E-state index contributed by atoms with van der Waals surface area (Å²) in [5.74, 6) is 0. The van der Waals surface area contributed by atoms with Crippen LogP contribution in [0.5, 0.6) is 0 Å². The molecule has 0 amide bonds. The van der Waals surface area contributed by atoms with Crippen molar-refractivity contribution in [3.05, 3.63) is 0 Å². The average Bonchev–Trinajstić information content (AvgIpc) is 1.96. The van der Waals surface area contributed by atoms with E-state index in [1.165, 1.54) is 11.6 Å². The summed E-state index contributed by atoms with van der Waals surface area (Å²) in [6, 6.07) is -0.758. The van der Waals surface area contributed by atoms with Crippen molar-refractivity contribution in [3.8, 4) is 0 Å². The largest absolute Gasteiger partial charge is 0.402 e. The van der Waals surface area contributed by atoms with Gasteiger partial charge in [0.1, 0.15) is 6.54 Å². The van der Waals surface area contributed by atoms with E-state index in [-0.39, 0.29) is 6.04 Å². The number of hydrogen-bond donors (Lipinski definition) is 3. The Morgan fingerprint density at radius 3 is 2.19 bits per heavy atom. The minimum atomic E-state index is -4.57. The van der Waals surface area contributed by atoms with Gasteiger partial charge in [-0.2, -0.15) is 31.0 Å². The molecule has 0 rings (SSSR count). The Morgan fingerprint density at radius 2 is 1.81 bits per heavy atom. The van der Waals surface area contributed by atoms with E-state index < -0.39 is 29.0 Å². The van der Waals surface area contributed by atoms with Crippen LogP contribution in [0.3, 0.4) is 0 Å². The molecule has 0 saturated heterocycles. The van der Waals surface area contributed by atoms with Crippen LogP contribution in [0.2, 0.25) is 0 Å². The van der Waals surface area contributed by atoms with Crippen LogP contribution in [0, 0.1) is 0 Å². The zero-order chi connectivity index (χ0) is 13.0. The molecule has 98 valence electrons. The van der Waals surface area contributed by atoms with Crippen LogP contribution in [-0.2, 0) is 10.2 Å². The highest BCUT2D eigenvalue weighted by Gasteiger charge is 2.29. The van der Waals surface area contributed by atoms with Crippen LogP contribution in [0.4, 0.5) is 13.2 Å². The Morgan fingerprint density at radius 1 is 1.31 bits per heavy atom. The second-order valence-electron chi connectivity index (χ2n) is 3.67. The zero-order valence-corrected chi connectivity index (χ0v) is 9.82. The number of rotatable bonds is 6. The summed E-state index contributed by atoms with van der Waals surface area (Å²) in [5, 5.41) is 0. The highest BCUT2D eigenvalue weighted by Crippen LogP contribution is 2.12. The smallest absolute Gasteiger partial charge is 0.328 e. The van der Waals surface area contributed by atoms with Crippen LogP contribution in [0.1, 0.15) is 20.3 Å². The molecule has 9 heteroatoms. The Labute approximate surface area is 92.8 Å². The first kappa shape index (κ1) is 15.6. The fourth-order valence-corrected chi connectivity index (χ4v) is 2.15. The van der Waals surface area contributed by atoms with Crippen molar-refractivity contribution in [2.75, 3.05) is 6.54 Å². The SMILES string of the molecule is CC(N)CC(C)NS(=O)(=O)NCC(F)(F)F. The van der Waals surface area contributed by atoms with Crippen LogP contribution in [0.15, 0.2) is 0 Å². The Balaban J connectivity index is 4.15. The van der Waals surface area contributed by atoms with Crippen LogP contribution >= 0.6 is 0 Å². The predicted molar refractivity (Wildman–Crippen MR) is 53.8 cm³/mol. The number of nitrogens with two attached hydrogens (primary N) is 1. The Hall–Kier alpha value is -0.380. The van der Waals surface area contributed by atoms with Crippen molar-refractivity contribution < 1.29 is 21.6 Å². The minimum Gasteiger partial charge on any atom is -0.328 e. The molecule has 5 nitrogen and oxygen atoms in total. The molecule has 0 fully saturated rings. The summed E-state index contributed by atoms with van der Waals surface area (Å²) in [7, 11) is -4.14. The van der Waals surface area contributed by atoms with E-state index in [2.05, 4.69) is 0 Å². The maximum Gasteiger partial charge on any atom is 0.402 e. The summed E-state index contributed by atoms with van der Waals surface area (Å²) in [6.07, 6.45) is -4.23. The van der Waals surface area contributed by atoms with Gasteiger partial charge < -0.3 is 5.73 Å². The molecule has 0 aliphatic carbocycles. The summed E-state index contributed by atoms with van der Waals surface area (Å²) in [5.41, 5.74) is 5.42. The van der Waals surface area contributed by atoms with Crippen molar-refractivity contribution in [3.63, 3.8) is 0 Å². The number of halogens is 3. The summed E-state index contributed by atoms with van der Waals surface area (Å²) in [4.78, 5) is 0. The fraction of sp³-hybridized carbons (Fsp3) is 1.00. The first-order valence-electron chi connectivity index (χ1n) is 4.61. The maximum atomic E-state index is 11.8. The van der Waals surface area contributed by atoms with E-state index in [9.17, 15) is 21.6 Å². The van der Waals surface area contributed by atoms with Crippen LogP contribution in [-0.4, -0.2) is 33.2 Å². The molecule has 0 aromatic rings.